The lowest BCUT2D eigenvalue weighted by atomic mass is 10.0. The van der Waals surface area contributed by atoms with Crippen molar-refractivity contribution in [2.24, 2.45) is 11.8 Å². The van der Waals surface area contributed by atoms with E-state index in [0.717, 1.165) is 18.1 Å². The Morgan fingerprint density at radius 2 is 2.06 bits per heavy atom. The molecule has 1 aromatic carbocycles. The van der Waals surface area contributed by atoms with Gasteiger partial charge in [-0.25, -0.2) is 0 Å². The van der Waals surface area contributed by atoms with E-state index >= 15 is 0 Å². The molecule has 1 aliphatic carbocycles. The van der Waals surface area contributed by atoms with Crippen LogP contribution in [0.25, 0.3) is 0 Å². The van der Waals surface area contributed by atoms with Crippen molar-refractivity contribution in [1.29, 1.82) is 0 Å². The van der Waals surface area contributed by atoms with Crippen molar-refractivity contribution in [2.45, 2.75) is 38.6 Å². The molecule has 1 unspecified atom stereocenters. The fourth-order valence-electron chi connectivity index (χ4n) is 2.12. The minimum absolute atomic E-state index is 0.270. The van der Waals surface area contributed by atoms with Crippen LogP contribution in [0.5, 0.6) is 5.75 Å². The molecule has 0 bridgehead atoms. The minimum Gasteiger partial charge on any atom is -0.494 e. The SMILES string of the molecule is CCOc1ccc(C(CCC2CC2)NN)cc1. The molecule has 3 N–H and O–H groups in total. The monoisotopic (exact) mass is 234 g/mol. The third-order valence-electron chi connectivity index (χ3n) is 3.36. The van der Waals surface area contributed by atoms with E-state index in [1.807, 2.05) is 19.1 Å². The van der Waals surface area contributed by atoms with Crippen LogP contribution in [0.1, 0.15) is 44.2 Å². The average molecular weight is 234 g/mol. The number of rotatable bonds is 7. The molecule has 3 nitrogen and oxygen atoms in total. The number of hydrogen-bond acceptors (Lipinski definition) is 3. The van der Waals surface area contributed by atoms with E-state index in [0.29, 0.717) is 6.61 Å². The average Bonchev–Trinajstić information content (AvgIpc) is 3.16. The van der Waals surface area contributed by atoms with E-state index in [2.05, 4.69) is 17.6 Å². The van der Waals surface area contributed by atoms with Gasteiger partial charge < -0.3 is 4.74 Å². The van der Waals surface area contributed by atoms with Gasteiger partial charge in [-0.3, -0.25) is 11.3 Å². The highest BCUT2D eigenvalue weighted by atomic mass is 16.5. The molecular formula is C14H22N2O. The lowest BCUT2D eigenvalue weighted by molar-refractivity contribution is 0.340. The van der Waals surface area contributed by atoms with E-state index in [4.69, 9.17) is 10.6 Å². The third-order valence-corrected chi connectivity index (χ3v) is 3.36. The zero-order valence-electron chi connectivity index (χ0n) is 10.5. The summed E-state index contributed by atoms with van der Waals surface area (Å²) in [5.74, 6) is 7.50. The van der Waals surface area contributed by atoms with Crippen LogP contribution in [0.4, 0.5) is 0 Å². The quantitative estimate of drug-likeness (QED) is 0.563. The first-order valence-corrected chi connectivity index (χ1v) is 6.52. The summed E-state index contributed by atoms with van der Waals surface area (Å²) in [7, 11) is 0. The van der Waals surface area contributed by atoms with E-state index in [9.17, 15) is 0 Å². The van der Waals surface area contributed by atoms with Crippen molar-refractivity contribution < 1.29 is 4.74 Å². The zero-order chi connectivity index (χ0) is 12.1. The Morgan fingerprint density at radius 1 is 1.35 bits per heavy atom. The number of nitrogens with one attached hydrogen (secondary N) is 1. The van der Waals surface area contributed by atoms with Crippen LogP contribution in [-0.2, 0) is 0 Å². The molecule has 0 radical (unpaired) electrons. The second kappa shape index (κ2) is 6.03. The van der Waals surface area contributed by atoms with Crippen molar-refractivity contribution in [1.82, 2.24) is 5.43 Å². The van der Waals surface area contributed by atoms with Crippen molar-refractivity contribution in [3.8, 4) is 5.75 Å². The van der Waals surface area contributed by atoms with E-state index in [-0.39, 0.29) is 6.04 Å². The summed E-state index contributed by atoms with van der Waals surface area (Å²) >= 11 is 0. The van der Waals surface area contributed by atoms with Crippen LogP contribution in [0, 0.1) is 5.92 Å². The van der Waals surface area contributed by atoms with E-state index in [1.165, 1.54) is 24.8 Å². The molecule has 2 rings (SSSR count). The Labute approximate surface area is 103 Å². The Hall–Kier alpha value is -1.06. The Bertz CT molecular complexity index is 333. The van der Waals surface area contributed by atoms with E-state index in [1.54, 1.807) is 0 Å². The highest BCUT2D eigenvalue weighted by Crippen LogP contribution is 2.35. The van der Waals surface area contributed by atoms with Crippen LogP contribution in [0.15, 0.2) is 24.3 Å². The van der Waals surface area contributed by atoms with Gasteiger partial charge in [0.2, 0.25) is 0 Å². The van der Waals surface area contributed by atoms with Gasteiger partial charge in [0, 0.05) is 6.04 Å². The van der Waals surface area contributed by atoms with Crippen LogP contribution in [0.2, 0.25) is 0 Å². The van der Waals surface area contributed by atoms with Gasteiger partial charge >= 0.3 is 0 Å². The molecule has 17 heavy (non-hydrogen) atoms. The molecule has 1 aromatic rings. The summed E-state index contributed by atoms with van der Waals surface area (Å²) in [6.07, 6.45) is 5.21. The molecule has 0 saturated heterocycles. The first-order chi connectivity index (χ1) is 8.33. The first-order valence-electron chi connectivity index (χ1n) is 6.52. The van der Waals surface area contributed by atoms with Gasteiger partial charge in [0.05, 0.1) is 6.61 Å². The lowest BCUT2D eigenvalue weighted by Gasteiger charge is -2.16. The molecular weight excluding hydrogens is 212 g/mol. The zero-order valence-corrected chi connectivity index (χ0v) is 10.5. The van der Waals surface area contributed by atoms with Gasteiger partial charge in [0.25, 0.3) is 0 Å². The van der Waals surface area contributed by atoms with Crippen LogP contribution in [0.3, 0.4) is 0 Å². The van der Waals surface area contributed by atoms with Gasteiger partial charge in [0.15, 0.2) is 0 Å². The van der Waals surface area contributed by atoms with Crippen LogP contribution >= 0.6 is 0 Å². The first kappa shape index (κ1) is 12.4. The minimum atomic E-state index is 0.270. The highest BCUT2D eigenvalue weighted by Gasteiger charge is 2.22. The standard InChI is InChI=1S/C14H22N2O/c1-2-17-13-8-6-12(7-9-13)14(16-15)10-5-11-3-4-11/h6-9,11,14,16H,2-5,10,15H2,1H3. The second-order valence-electron chi connectivity index (χ2n) is 4.74. The maximum atomic E-state index is 5.63. The summed E-state index contributed by atoms with van der Waals surface area (Å²) in [5, 5.41) is 0. The number of nitrogens with two attached hydrogens (primary N) is 1. The predicted octanol–water partition coefficient (Wildman–Crippen LogP) is 2.78. The summed E-state index contributed by atoms with van der Waals surface area (Å²) in [4.78, 5) is 0. The molecule has 0 spiro atoms. The molecule has 0 aromatic heterocycles. The van der Waals surface area contributed by atoms with E-state index < -0.39 is 0 Å². The number of benzene rings is 1. The topological polar surface area (TPSA) is 47.3 Å². The summed E-state index contributed by atoms with van der Waals surface area (Å²) < 4.78 is 5.43. The molecule has 1 fully saturated rings. The number of hydrogen-bond donors (Lipinski definition) is 2. The van der Waals surface area contributed by atoms with Crippen LogP contribution < -0.4 is 16.0 Å². The summed E-state index contributed by atoms with van der Waals surface area (Å²) in [6.45, 7) is 2.70. The Kier molecular flexibility index (Phi) is 4.40. The molecule has 94 valence electrons. The molecule has 0 aliphatic heterocycles. The highest BCUT2D eigenvalue weighted by molar-refractivity contribution is 5.29. The smallest absolute Gasteiger partial charge is 0.119 e. The number of ether oxygens (including phenoxy) is 1. The van der Waals surface area contributed by atoms with Gasteiger partial charge in [-0.1, -0.05) is 25.0 Å². The van der Waals surface area contributed by atoms with Gasteiger partial charge in [-0.15, -0.1) is 0 Å². The molecule has 3 heteroatoms. The largest absolute Gasteiger partial charge is 0.494 e. The van der Waals surface area contributed by atoms with Gasteiger partial charge in [-0.05, 0) is 43.4 Å². The maximum Gasteiger partial charge on any atom is 0.119 e. The lowest BCUT2D eigenvalue weighted by Crippen LogP contribution is -2.28. The molecule has 1 atom stereocenters. The van der Waals surface area contributed by atoms with Gasteiger partial charge in [-0.2, -0.15) is 0 Å². The fraction of sp³-hybridized carbons (Fsp3) is 0.571. The van der Waals surface area contributed by atoms with Crippen molar-refractivity contribution in [3.63, 3.8) is 0 Å². The van der Waals surface area contributed by atoms with Crippen molar-refractivity contribution in [3.05, 3.63) is 29.8 Å². The predicted molar refractivity (Wildman–Crippen MR) is 69.6 cm³/mol. The van der Waals surface area contributed by atoms with Crippen molar-refractivity contribution in [2.75, 3.05) is 6.61 Å². The summed E-state index contributed by atoms with van der Waals surface area (Å²) in [6, 6.07) is 8.50. The second-order valence-corrected chi connectivity index (χ2v) is 4.74. The maximum absolute atomic E-state index is 5.63. The Balaban J connectivity index is 1.92. The fourth-order valence-corrected chi connectivity index (χ4v) is 2.12. The third kappa shape index (κ3) is 3.72. The molecule has 1 saturated carbocycles. The normalized spacial score (nSPS) is 16.8. The van der Waals surface area contributed by atoms with Crippen LogP contribution in [-0.4, -0.2) is 6.61 Å². The van der Waals surface area contributed by atoms with Crippen molar-refractivity contribution >= 4 is 0 Å². The molecule has 0 amide bonds. The molecule has 0 heterocycles. The molecule has 1 aliphatic rings. The number of hydrazine groups is 1. The summed E-state index contributed by atoms with van der Waals surface area (Å²) in [5.41, 5.74) is 4.16. The van der Waals surface area contributed by atoms with Gasteiger partial charge in [0.1, 0.15) is 5.75 Å². The Morgan fingerprint density at radius 3 is 2.59 bits per heavy atom.